The molecular weight excluding hydrogens is 1960 g/mol. The average Bonchev–Trinajstić information content (AvgIpc) is 0.859. The van der Waals surface area contributed by atoms with Crippen LogP contribution in [-0.4, -0.2) is 664 Å². The summed E-state index contributed by atoms with van der Waals surface area (Å²) in [5, 5.41) is 128. The zero-order valence-corrected chi connectivity index (χ0v) is 87.9. The van der Waals surface area contributed by atoms with Crippen molar-refractivity contribution < 1.29 is 157 Å². The van der Waals surface area contributed by atoms with Gasteiger partial charge in [0.05, 0.1) is 131 Å². The van der Waals surface area contributed by atoms with E-state index in [4.69, 9.17) is 0 Å². The fourth-order valence-electron chi connectivity index (χ4n) is 17.8. The molecule has 0 bridgehead atoms. The Morgan fingerprint density at radius 2 is 0.322 bits per heavy atom. The van der Waals surface area contributed by atoms with Crippen molar-refractivity contribution in [1.29, 1.82) is 0 Å². The van der Waals surface area contributed by atoms with E-state index in [0.29, 0.717) is 0 Å². The summed E-state index contributed by atoms with van der Waals surface area (Å²) in [6.45, 7) is 3.78. The molecule has 0 aromatic rings. The first kappa shape index (κ1) is 130. The van der Waals surface area contributed by atoms with Gasteiger partial charge in [0.15, 0.2) is 5.78 Å². The predicted molar refractivity (Wildman–Crippen MR) is 536 cm³/mol. The molecule has 149 heavy (non-hydrogen) atoms. The van der Waals surface area contributed by atoms with E-state index in [1.54, 1.807) is 134 Å². The van der Waals surface area contributed by atoms with Gasteiger partial charge in [0.1, 0.15) is 0 Å². The third-order valence-corrected chi connectivity index (χ3v) is 25.5. The van der Waals surface area contributed by atoms with E-state index in [0.717, 1.165) is 0 Å². The number of carbonyl (C=O) groups is 20. The molecule has 4 aliphatic heterocycles. The Morgan fingerprint density at radius 1 is 0.201 bits per heavy atom. The number of carbonyl (C=O) groups excluding carboxylic acids is 8. The van der Waals surface area contributed by atoms with Gasteiger partial charge in [-0.15, -0.1) is 0 Å². The number of Topliss-reactive ketones (excluding diaryl/α,β-unsaturated/α-hetero) is 1. The molecule has 0 aromatic carbocycles. The summed E-state index contributed by atoms with van der Waals surface area (Å²) in [4.78, 5) is 299. The Labute approximate surface area is 869 Å². The van der Waals surface area contributed by atoms with Crippen LogP contribution >= 0.6 is 0 Å². The van der Waals surface area contributed by atoms with E-state index in [1.807, 2.05) is 0 Å². The third kappa shape index (κ3) is 59.4. The average molecular weight is 2130 g/mol. The number of aliphatic carboxylic acids is 12. The van der Waals surface area contributed by atoms with Gasteiger partial charge in [0.25, 0.3) is 0 Å². The maximum atomic E-state index is 15.4. The first-order valence-electron chi connectivity index (χ1n) is 50.8. The molecular formula is C94H165N23O32. The Kier molecular flexibility index (Phi) is 60.7. The van der Waals surface area contributed by atoms with Crippen molar-refractivity contribution in [1.82, 2.24) is 114 Å². The van der Waals surface area contributed by atoms with Crippen molar-refractivity contribution in [2.75, 3.05) is 386 Å². The largest absolute Gasteiger partial charge is 0.480 e. The van der Waals surface area contributed by atoms with Crippen LogP contribution in [0.15, 0.2) is 0 Å². The van der Waals surface area contributed by atoms with Gasteiger partial charge in [-0.1, -0.05) is 55.4 Å². The number of hydrogen-bond acceptors (Lipinski definition) is 36. The molecule has 7 amide bonds. The number of carboxylic acid groups (broad SMARTS) is 12. The normalized spacial score (nSPS) is 18.0. The summed E-state index contributed by atoms with van der Waals surface area (Å²) in [7, 11) is 0. The van der Waals surface area contributed by atoms with Gasteiger partial charge < -0.3 is 96.8 Å². The number of nitrogens with zero attached hydrogens (tertiary/aromatic N) is 20. The number of nitrogens with one attached hydrogen (secondary N) is 3. The summed E-state index contributed by atoms with van der Waals surface area (Å²) >= 11 is 0. The fourth-order valence-corrected chi connectivity index (χ4v) is 17.8. The first-order chi connectivity index (χ1) is 70.1. The van der Waals surface area contributed by atoms with Crippen LogP contribution in [0.3, 0.4) is 0 Å². The second kappa shape index (κ2) is 69.4. The van der Waals surface area contributed by atoms with Gasteiger partial charge >= 0.3 is 71.6 Å². The van der Waals surface area contributed by atoms with Crippen LogP contribution in [-0.2, 0) is 95.9 Å². The van der Waals surface area contributed by atoms with Crippen LogP contribution in [0.5, 0.6) is 0 Å². The summed E-state index contributed by atoms with van der Waals surface area (Å²) < 4.78 is 0. The number of rotatable bonds is 57. The van der Waals surface area contributed by atoms with Crippen molar-refractivity contribution in [3.63, 3.8) is 0 Å². The SMILES string of the molecule is CC(C)CN(CC(=O)CCC(CNC(=O)CN(CC(C)C)C(=O)CN1CCN(CC(=O)O)CCN(CC(=O)O)CCN(CC(=O)O)CC1)(CNC(=O)CN(CC(C)C)C(=O)CN1CCN(CC(=O)O)CCN(CC(=O)O)CCN(CC(=O)O)CC1)CNC(=O)CN(CC(C)C)C(=O)CN1CCN(CC(=O)O)CCN(CC(=O)O)CCN(CC(=O)O)CC1)C(=O)CN1CCN(CC(=O)O)CCN(CC(=O)O)CCN(CC(=O)O)CC1. The lowest BCUT2D eigenvalue weighted by atomic mass is 9.81. The Hall–Kier alpha value is -11.0. The van der Waals surface area contributed by atoms with Crippen LogP contribution in [0.2, 0.25) is 0 Å². The molecule has 4 fully saturated rings. The monoisotopic (exact) mass is 2130 g/mol. The molecule has 55 nitrogen and oxygen atoms in total. The maximum absolute atomic E-state index is 15.4. The summed E-state index contributed by atoms with van der Waals surface area (Å²) in [5.74, 6) is -21.2. The zero-order valence-electron chi connectivity index (χ0n) is 87.9. The van der Waals surface area contributed by atoms with Crippen LogP contribution in [0.4, 0.5) is 0 Å². The predicted octanol–water partition coefficient (Wildman–Crippen LogP) is -8.49. The molecule has 4 saturated heterocycles. The standard InChI is InChI=1S/C94H165N23O32/c1-70(2)43-114(78(122)51-98-11-19-102(55-82(126)127)27-35-110(63-90(142)143)36-28-103(20-12-98)56-83(128)129)47-74(118)9-10-94(67-95-75(119)48-115(44-71(3)4)79(123)52-99-13-21-104(57-84(130)131)29-37-111(64-91(144)145)38-30-105(22-14-99)58-85(132)133,68-96-76(120)49-116(45-72(5)6)80(124)53-100-15-23-106(59-86(134)135)31-39-112(65-92(146)147)40-32-107(24-16-100)60-87(136)137)69-97-77(121)50-117(46-73(7)8)81(125)54-101-17-25-108(61-88(138)139)33-41-113(66-93(148)149)42-34-109(26-18-101)62-89(140)141/h70-73H,9-69H2,1-8H3,(H,95,119)(H,96,120)(H,97,121)(H,126,127)(H,128,129)(H,130,131)(H,132,133)(H,134,135)(H,136,137)(H,138,139)(H,140,141)(H,142,143)(H,144,145)(H,146,147)(H,148,149). The maximum Gasteiger partial charge on any atom is 0.317 e. The number of carboxylic acids is 12. The van der Waals surface area contributed by atoms with Gasteiger partial charge in [0, 0.05) is 267 Å². The van der Waals surface area contributed by atoms with E-state index in [1.165, 1.54) is 19.6 Å². The third-order valence-electron chi connectivity index (χ3n) is 25.5. The molecule has 0 atom stereocenters. The van der Waals surface area contributed by atoms with E-state index in [2.05, 4.69) is 16.0 Å². The first-order valence-corrected chi connectivity index (χ1v) is 50.8. The molecule has 0 saturated carbocycles. The number of hydrogen-bond donors (Lipinski definition) is 15. The van der Waals surface area contributed by atoms with Crippen molar-refractivity contribution in [3.8, 4) is 0 Å². The molecule has 0 unspecified atom stereocenters. The highest BCUT2D eigenvalue weighted by Crippen LogP contribution is 2.25. The minimum atomic E-state index is -1.79. The van der Waals surface area contributed by atoms with Crippen LogP contribution in [0.1, 0.15) is 68.2 Å². The highest BCUT2D eigenvalue weighted by molar-refractivity contribution is 5.89. The quantitative estimate of drug-likeness (QED) is 0.0269. The van der Waals surface area contributed by atoms with Crippen LogP contribution in [0.25, 0.3) is 0 Å². The summed E-state index contributed by atoms with van der Waals surface area (Å²) in [5.41, 5.74) is -1.79. The van der Waals surface area contributed by atoms with Crippen LogP contribution in [0, 0.1) is 29.1 Å². The molecule has 55 heteroatoms. The smallest absolute Gasteiger partial charge is 0.317 e. The molecule has 0 aliphatic carbocycles. The topological polar surface area (TPSA) is 685 Å². The Bertz CT molecular complexity index is 3660. The van der Waals surface area contributed by atoms with Gasteiger partial charge in [-0.25, -0.2) is 0 Å². The van der Waals surface area contributed by atoms with Crippen molar-refractivity contribution in [2.24, 2.45) is 29.1 Å². The lowest BCUT2D eigenvalue weighted by Crippen LogP contribution is -2.56. The Balaban J connectivity index is 2.00. The molecule has 4 aliphatic rings. The molecule has 848 valence electrons. The molecule has 4 rings (SSSR count). The minimum Gasteiger partial charge on any atom is -0.480 e. The molecule has 0 aromatic heterocycles. The lowest BCUT2D eigenvalue weighted by molar-refractivity contribution is -0.141. The van der Waals surface area contributed by atoms with Crippen molar-refractivity contribution in [2.45, 2.75) is 68.2 Å². The highest BCUT2D eigenvalue weighted by Gasteiger charge is 2.38. The van der Waals surface area contributed by atoms with Gasteiger partial charge in [0.2, 0.25) is 41.4 Å². The highest BCUT2D eigenvalue weighted by atomic mass is 16.4. The van der Waals surface area contributed by atoms with Gasteiger partial charge in [-0.05, 0) is 30.1 Å². The van der Waals surface area contributed by atoms with E-state index >= 15 is 38.4 Å². The minimum absolute atomic E-state index is 0.0140. The van der Waals surface area contributed by atoms with E-state index < -0.39 is 288 Å². The summed E-state index contributed by atoms with van der Waals surface area (Å²) in [6, 6.07) is 0. The van der Waals surface area contributed by atoms with Gasteiger partial charge in [-0.2, -0.15) is 0 Å². The molecule has 4 heterocycles. The fraction of sp³-hybridized carbons (Fsp3) is 0.787. The molecule has 0 radical (unpaired) electrons. The lowest BCUT2D eigenvalue weighted by Gasteiger charge is -2.36. The van der Waals surface area contributed by atoms with Crippen LogP contribution < -0.4 is 16.0 Å². The second-order valence-electron chi connectivity index (χ2n) is 40.7. The molecule has 15 N–H and O–H groups in total. The van der Waals surface area contributed by atoms with E-state index in [9.17, 15) is 119 Å². The van der Waals surface area contributed by atoms with Crippen molar-refractivity contribution >= 4 is 119 Å². The van der Waals surface area contributed by atoms with Crippen molar-refractivity contribution in [3.05, 3.63) is 0 Å². The zero-order chi connectivity index (χ0) is 111. The Morgan fingerprint density at radius 3 is 0.443 bits per heavy atom. The van der Waals surface area contributed by atoms with Gasteiger partial charge in [-0.3, -0.25) is 174 Å². The number of amides is 7. The van der Waals surface area contributed by atoms with E-state index in [-0.39, 0.29) is 259 Å². The number of ketones is 1. The molecule has 0 spiro atoms. The summed E-state index contributed by atoms with van der Waals surface area (Å²) in [6.07, 6.45) is -0.922. The second-order valence-corrected chi connectivity index (χ2v) is 40.7.